The first-order valence-corrected chi connectivity index (χ1v) is 5.74. The standard InChI is InChI=1S/C13H12N4O2/c1-6-9(7-4-2-3-5-8(7)15-6)10-11(12(18)19)17-13(14)16-10/h2-5,15H,1H3,(H,18,19)(H3,14,16,17). The fraction of sp³-hybridized carbons (Fsp3) is 0.0769. The van der Waals surface area contributed by atoms with Crippen LogP contribution < -0.4 is 5.73 Å². The number of hydrogen-bond donors (Lipinski definition) is 4. The summed E-state index contributed by atoms with van der Waals surface area (Å²) < 4.78 is 0. The molecule has 3 aromatic rings. The molecule has 6 heteroatoms. The van der Waals surface area contributed by atoms with Crippen LogP contribution in [0, 0.1) is 6.92 Å². The zero-order valence-corrected chi connectivity index (χ0v) is 10.2. The van der Waals surface area contributed by atoms with E-state index in [1.807, 2.05) is 31.2 Å². The van der Waals surface area contributed by atoms with Gasteiger partial charge in [0.15, 0.2) is 11.6 Å². The van der Waals surface area contributed by atoms with Crippen LogP contribution in [-0.4, -0.2) is 26.0 Å². The smallest absolute Gasteiger partial charge is 0.354 e. The number of aromatic nitrogens is 3. The van der Waals surface area contributed by atoms with Crippen LogP contribution in [0.5, 0.6) is 0 Å². The first-order valence-electron chi connectivity index (χ1n) is 5.74. The summed E-state index contributed by atoms with van der Waals surface area (Å²) in [6.45, 7) is 1.88. The number of fused-ring (bicyclic) bond motifs is 1. The molecule has 5 N–H and O–H groups in total. The Bertz CT molecular complexity index is 785. The number of carbonyl (C=O) groups is 1. The molecule has 0 saturated carbocycles. The van der Waals surface area contributed by atoms with Crippen molar-refractivity contribution in [3.8, 4) is 11.3 Å². The van der Waals surface area contributed by atoms with Crippen LogP contribution in [0.1, 0.15) is 16.2 Å². The van der Waals surface area contributed by atoms with E-state index < -0.39 is 5.97 Å². The highest BCUT2D eigenvalue weighted by Crippen LogP contribution is 2.33. The van der Waals surface area contributed by atoms with Crippen LogP contribution in [0.2, 0.25) is 0 Å². The Morgan fingerprint density at radius 2 is 2.05 bits per heavy atom. The maximum atomic E-state index is 11.2. The molecule has 2 aromatic heterocycles. The number of nitrogens with one attached hydrogen (secondary N) is 2. The fourth-order valence-electron chi connectivity index (χ4n) is 2.31. The van der Waals surface area contributed by atoms with Crippen LogP contribution in [0.25, 0.3) is 22.2 Å². The van der Waals surface area contributed by atoms with E-state index in [1.54, 1.807) is 0 Å². The van der Waals surface area contributed by atoms with Gasteiger partial charge in [0.2, 0.25) is 0 Å². The lowest BCUT2D eigenvalue weighted by Gasteiger charge is -1.99. The van der Waals surface area contributed by atoms with Crippen molar-refractivity contribution in [3.05, 3.63) is 35.7 Å². The number of hydrogen-bond acceptors (Lipinski definition) is 3. The Morgan fingerprint density at radius 1 is 1.32 bits per heavy atom. The van der Waals surface area contributed by atoms with Gasteiger partial charge < -0.3 is 20.8 Å². The molecule has 0 aliphatic rings. The lowest BCUT2D eigenvalue weighted by molar-refractivity contribution is 0.0692. The van der Waals surface area contributed by atoms with Gasteiger partial charge in [-0.25, -0.2) is 9.78 Å². The zero-order chi connectivity index (χ0) is 13.6. The summed E-state index contributed by atoms with van der Waals surface area (Å²) in [5.74, 6) is -0.985. The van der Waals surface area contributed by atoms with E-state index in [9.17, 15) is 9.90 Å². The molecule has 6 nitrogen and oxygen atoms in total. The average molecular weight is 256 g/mol. The molecule has 0 bridgehead atoms. The number of anilines is 1. The van der Waals surface area contributed by atoms with E-state index in [0.717, 1.165) is 22.2 Å². The number of carboxylic acids is 1. The lowest BCUT2D eigenvalue weighted by atomic mass is 10.1. The third kappa shape index (κ3) is 1.65. The van der Waals surface area contributed by atoms with Crippen LogP contribution in [-0.2, 0) is 0 Å². The van der Waals surface area contributed by atoms with E-state index in [1.165, 1.54) is 0 Å². The highest BCUT2D eigenvalue weighted by atomic mass is 16.4. The highest BCUT2D eigenvalue weighted by molar-refractivity contribution is 6.02. The number of H-pyrrole nitrogens is 2. The number of nitrogen functional groups attached to an aromatic ring is 1. The summed E-state index contributed by atoms with van der Waals surface area (Å²) in [7, 11) is 0. The van der Waals surface area contributed by atoms with Crippen LogP contribution >= 0.6 is 0 Å². The van der Waals surface area contributed by atoms with E-state index in [4.69, 9.17) is 5.73 Å². The summed E-state index contributed by atoms with van der Waals surface area (Å²) in [5.41, 5.74) is 8.50. The Labute approximate surface area is 108 Å². The molecule has 0 aliphatic carbocycles. The van der Waals surface area contributed by atoms with Crippen LogP contribution in [0.15, 0.2) is 24.3 Å². The lowest BCUT2D eigenvalue weighted by Crippen LogP contribution is -1.99. The first-order chi connectivity index (χ1) is 9.08. The molecule has 0 amide bonds. The van der Waals surface area contributed by atoms with Crippen molar-refractivity contribution in [1.29, 1.82) is 0 Å². The van der Waals surface area contributed by atoms with E-state index in [2.05, 4.69) is 15.0 Å². The number of para-hydroxylation sites is 1. The summed E-state index contributed by atoms with van der Waals surface area (Å²) in [4.78, 5) is 21.1. The SMILES string of the molecule is Cc1[nH]c2ccccc2c1-c1nc(N)[nH]c1C(=O)O. The number of aromatic amines is 2. The van der Waals surface area contributed by atoms with Gasteiger partial charge in [-0.05, 0) is 13.0 Å². The molecule has 3 rings (SSSR count). The number of aryl methyl sites for hydroxylation is 1. The fourth-order valence-corrected chi connectivity index (χ4v) is 2.31. The third-order valence-electron chi connectivity index (χ3n) is 3.07. The monoisotopic (exact) mass is 256 g/mol. The van der Waals surface area contributed by atoms with Crippen LogP contribution in [0.3, 0.4) is 0 Å². The zero-order valence-electron chi connectivity index (χ0n) is 10.2. The Kier molecular flexibility index (Phi) is 2.31. The number of nitrogens with two attached hydrogens (primary N) is 1. The normalized spacial score (nSPS) is 11.0. The second kappa shape index (κ2) is 3.88. The molecule has 1 aromatic carbocycles. The molecule has 0 radical (unpaired) electrons. The van der Waals surface area contributed by atoms with Crippen molar-refractivity contribution in [2.75, 3.05) is 5.73 Å². The number of imidazole rings is 1. The summed E-state index contributed by atoms with van der Waals surface area (Å²) in [6, 6.07) is 7.67. The number of carboxylic acid groups (broad SMARTS) is 1. The van der Waals surface area contributed by atoms with Gasteiger partial charge in [0.05, 0.1) is 0 Å². The van der Waals surface area contributed by atoms with Gasteiger partial charge >= 0.3 is 5.97 Å². The van der Waals surface area contributed by atoms with Gasteiger partial charge in [-0.1, -0.05) is 18.2 Å². The molecule has 96 valence electrons. The Hall–Kier alpha value is -2.76. The molecule has 0 aliphatic heterocycles. The van der Waals surface area contributed by atoms with Gasteiger partial charge in [-0.2, -0.15) is 0 Å². The van der Waals surface area contributed by atoms with Crippen molar-refractivity contribution >= 4 is 22.8 Å². The van der Waals surface area contributed by atoms with Gasteiger partial charge in [0, 0.05) is 22.2 Å². The molecule has 2 heterocycles. The molecule has 0 atom stereocenters. The van der Waals surface area contributed by atoms with Crippen molar-refractivity contribution in [2.24, 2.45) is 0 Å². The quantitative estimate of drug-likeness (QED) is 0.563. The molecular weight excluding hydrogens is 244 g/mol. The van der Waals surface area contributed by atoms with Crippen LogP contribution in [0.4, 0.5) is 5.95 Å². The van der Waals surface area contributed by atoms with E-state index in [0.29, 0.717) is 5.69 Å². The molecular formula is C13H12N4O2. The minimum absolute atomic E-state index is 0.00496. The first kappa shape index (κ1) is 11.3. The third-order valence-corrected chi connectivity index (χ3v) is 3.07. The average Bonchev–Trinajstić information content (AvgIpc) is 2.88. The Morgan fingerprint density at radius 3 is 2.79 bits per heavy atom. The van der Waals surface area contributed by atoms with Crippen molar-refractivity contribution in [1.82, 2.24) is 15.0 Å². The predicted octanol–water partition coefficient (Wildman–Crippen LogP) is 2.15. The van der Waals surface area contributed by atoms with Gasteiger partial charge in [0.25, 0.3) is 0 Å². The van der Waals surface area contributed by atoms with E-state index >= 15 is 0 Å². The van der Waals surface area contributed by atoms with Crippen molar-refractivity contribution < 1.29 is 9.90 Å². The van der Waals surface area contributed by atoms with Gasteiger partial charge in [-0.15, -0.1) is 0 Å². The Balaban J connectivity index is 2.36. The van der Waals surface area contributed by atoms with E-state index in [-0.39, 0.29) is 11.6 Å². The summed E-state index contributed by atoms with van der Waals surface area (Å²) in [5, 5.41) is 10.1. The van der Waals surface area contributed by atoms with Crippen molar-refractivity contribution in [3.63, 3.8) is 0 Å². The molecule has 19 heavy (non-hydrogen) atoms. The topological polar surface area (TPSA) is 108 Å². The molecule has 0 unspecified atom stereocenters. The molecule has 0 saturated heterocycles. The number of nitrogens with zero attached hydrogens (tertiary/aromatic N) is 1. The van der Waals surface area contributed by atoms with Crippen molar-refractivity contribution in [2.45, 2.75) is 6.92 Å². The number of aromatic carboxylic acids is 1. The second-order valence-corrected chi connectivity index (χ2v) is 4.32. The van der Waals surface area contributed by atoms with Gasteiger partial charge in [-0.3, -0.25) is 0 Å². The van der Waals surface area contributed by atoms with Gasteiger partial charge in [0.1, 0.15) is 5.69 Å². The minimum Gasteiger partial charge on any atom is -0.477 e. The number of rotatable bonds is 2. The predicted molar refractivity (Wildman–Crippen MR) is 72.0 cm³/mol. The largest absolute Gasteiger partial charge is 0.477 e. The highest BCUT2D eigenvalue weighted by Gasteiger charge is 2.21. The number of benzene rings is 1. The maximum Gasteiger partial charge on any atom is 0.354 e. The molecule has 0 spiro atoms. The minimum atomic E-state index is -1.08. The molecule has 0 fully saturated rings. The maximum absolute atomic E-state index is 11.2. The summed E-state index contributed by atoms with van der Waals surface area (Å²) >= 11 is 0. The summed E-state index contributed by atoms with van der Waals surface area (Å²) in [6.07, 6.45) is 0. The second-order valence-electron chi connectivity index (χ2n) is 4.32.